The molecule has 1 N–H and O–H groups in total. The first kappa shape index (κ1) is 22.9. The molecule has 0 radical (unpaired) electrons. The number of esters is 1. The van der Waals surface area contributed by atoms with Crippen molar-refractivity contribution in [3.8, 4) is 10.6 Å². The molecular weight excluding hydrogens is 439 g/mol. The molecule has 0 aliphatic heterocycles. The quantitative estimate of drug-likeness (QED) is 0.460. The highest BCUT2D eigenvalue weighted by molar-refractivity contribution is 7.13. The number of nitrogens with zero attached hydrogens (tertiary/aromatic N) is 1. The minimum atomic E-state index is -0.631. The Morgan fingerprint density at radius 1 is 1.19 bits per heavy atom. The minimum absolute atomic E-state index is 0.0198. The molecule has 0 saturated heterocycles. The van der Waals surface area contributed by atoms with Crippen LogP contribution in [0.5, 0.6) is 0 Å². The highest BCUT2D eigenvalue weighted by Gasteiger charge is 2.22. The monoisotopic (exact) mass is 460 g/mol. The van der Waals surface area contributed by atoms with E-state index in [0.717, 1.165) is 0 Å². The molecule has 31 heavy (non-hydrogen) atoms. The number of amides is 1. The Hall–Kier alpha value is -2.77. The van der Waals surface area contributed by atoms with Gasteiger partial charge in [-0.3, -0.25) is 9.59 Å². The molecule has 0 spiro atoms. The van der Waals surface area contributed by atoms with E-state index in [1.54, 1.807) is 55.6 Å². The lowest BCUT2D eigenvalue weighted by Crippen LogP contribution is -2.32. The first-order chi connectivity index (χ1) is 14.8. The maximum atomic E-state index is 13.5. The highest BCUT2D eigenvalue weighted by atomic mass is 35.5. The van der Waals surface area contributed by atoms with E-state index in [4.69, 9.17) is 16.3 Å². The standard InChI is InChI=1S/C23H22ClFN2O3S/c1-14(2)30-22(29)12-20(18-8-3-4-9-19(18)24)27-21(28)11-17-13-31-23(26-17)15-6-5-7-16(25)10-15/h3-10,13-14,20H,11-12H2,1-2H3,(H,27,28). The van der Waals surface area contributed by atoms with Crippen LogP contribution in [0.3, 0.4) is 0 Å². The molecule has 1 heterocycles. The van der Waals surface area contributed by atoms with Gasteiger partial charge in [0.1, 0.15) is 10.8 Å². The first-order valence-corrected chi connectivity index (χ1v) is 11.0. The third kappa shape index (κ3) is 6.60. The van der Waals surface area contributed by atoms with Crippen LogP contribution in [0.1, 0.15) is 37.6 Å². The Labute approximate surface area is 189 Å². The number of carbonyl (C=O) groups is 2. The molecule has 3 rings (SSSR count). The average molecular weight is 461 g/mol. The summed E-state index contributed by atoms with van der Waals surface area (Å²) in [6.45, 7) is 3.53. The van der Waals surface area contributed by atoms with Crippen molar-refractivity contribution in [1.82, 2.24) is 10.3 Å². The van der Waals surface area contributed by atoms with Crippen LogP contribution >= 0.6 is 22.9 Å². The fourth-order valence-electron chi connectivity index (χ4n) is 3.03. The number of rotatable bonds is 8. The zero-order valence-corrected chi connectivity index (χ0v) is 18.7. The van der Waals surface area contributed by atoms with Gasteiger partial charge in [-0.2, -0.15) is 0 Å². The van der Waals surface area contributed by atoms with E-state index in [9.17, 15) is 14.0 Å². The third-order valence-corrected chi connectivity index (χ3v) is 5.60. The summed E-state index contributed by atoms with van der Waals surface area (Å²) < 4.78 is 18.7. The second kappa shape index (κ2) is 10.5. The molecule has 162 valence electrons. The number of benzene rings is 2. The van der Waals surface area contributed by atoms with Crippen molar-refractivity contribution >= 4 is 34.8 Å². The fourth-order valence-corrected chi connectivity index (χ4v) is 4.11. The molecule has 1 atom stereocenters. The zero-order chi connectivity index (χ0) is 22.4. The predicted molar refractivity (Wildman–Crippen MR) is 119 cm³/mol. The Morgan fingerprint density at radius 3 is 2.68 bits per heavy atom. The summed E-state index contributed by atoms with van der Waals surface area (Å²) >= 11 is 7.63. The maximum Gasteiger partial charge on any atom is 0.308 e. The van der Waals surface area contributed by atoms with Crippen molar-refractivity contribution in [2.75, 3.05) is 0 Å². The van der Waals surface area contributed by atoms with Gasteiger partial charge in [0.05, 0.1) is 30.7 Å². The van der Waals surface area contributed by atoms with Gasteiger partial charge in [-0.25, -0.2) is 9.37 Å². The topological polar surface area (TPSA) is 68.3 Å². The van der Waals surface area contributed by atoms with Crippen molar-refractivity contribution in [3.63, 3.8) is 0 Å². The number of hydrogen-bond acceptors (Lipinski definition) is 5. The highest BCUT2D eigenvalue weighted by Crippen LogP contribution is 2.27. The smallest absolute Gasteiger partial charge is 0.308 e. The van der Waals surface area contributed by atoms with E-state index in [1.807, 2.05) is 0 Å². The Kier molecular flexibility index (Phi) is 7.76. The van der Waals surface area contributed by atoms with E-state index >= 15 is 0 Å². The summed E-state index contributed by atoms with van der Waals surface area (Å²) in [5.41, 5.74) is 1.85. The largest absolute Gasteiger partial charge is 0.463 e. The third-order valence-electron chi connectivity index (χ3n) is 4.32. The van der Waals surface area contributed by atoms with Crippen molar-refractivity contribution in [2.45, 2.75) is 38.8 Å². The molecular formula is C23H22ClFN2O3S. The van der Waals surface area contributed by atoms with Gasteiger partial charge in [-0.05, 0) is 37.6 Å². The maximum absolute atomic E-state index is 13.5. The van der Waals surface area contributed by atoms with Crippen LogP contribution in [0.25, 0.3) is 10.6 Å². The molecule has 8 heteroatoms. The summed E-state index contributed by atoms with van der Waals surface area (Å²) in [5, 5.41) is 5.71. The normalized spacial score (nSPS) is 11.9. The lowest BCUT2D eigenvalue weighted by molar-refractivity contribution is -0.148. The van der Waals surface area contributed by atoms with Gasteiger partial charge in [0.2, 0.25) is 5.91 Å². The van der Waals surface area contributed by atoms with Crippen LogP contribution in [-0.2, 0) is 20.7 Å². The zero-order valence-electron chi connectivity index (χ0n) is 17.1. The SMILES string of the molecule is CC(C)OC(=O)CC(NC(=O)Cc1csc(-c2cccc(F)c2)n1)c1ccccc1Cl. The molecule has 0 fully saturated rings. The molecule has 1 unspecified atom stereocenters. The van der Waals surface area contributed by atoms with Crippen molar-refractivity contribution in [2.24, 2.45) is 0 Å². The predicted octanol–water partition coefficient (Wildman–Crippen LogP) is 5.34. The molecule has 2 aromatic carbocycles. The van der Waals surface area contributed by atoms with Gasteiger partial charge in [0.15, 0.2) is 0 Å². The molecule has 0 bridgehead atoms. The molecule has 3 aromatic rings. The summed E-state index contributed by atoms with van der Waals surface area (Å²) in [4.78, 5) is 29.4. The molecule has 0 aliphatic rings. The van der Waals surface area contributed by atoms with Crippen molar-refractivity contribution in [3.05, 3.63) is 76.0 Å². The van der Waals surface area contributed by atoms with E-state index in [0.29, 0.717) is 26.9 Å². The molecule has 0 saturated carbocycles. The summed E-state index contributed by atoms with van der Waals surface area (Å²) in [7, 11) is 0. The van der Waals surface area contributed by atoms with Gasteiger partial charge in [-0.1, -0.05) is 41.9 Å². The summed E-state index contributed by atoms with van der Waals surface area (Å²) in [5.74, 6) is -1.08. The Balaban J connectivity index is 1.72. The van der Waals surface area contributed by atoms with E-state index in [-0.39, 0.29) is 30.7 Å². The van der Waals surface area contributed by atoms with Crippen LogP contribution in [0.15, 0.2) is 53.9 Å². The molecule has 1 amide bonds. The number of hydrogen-bond donors (Lipinski definition) is 1. The number of carbonyl (C=O) groups excluding carboxylic acids is 2. The number of ether oxygens (including phenoxy) is 1. The summed E-state index contributed by atoms with van der Waals surface area (Å²) in [6.07, 6.45) is -0.281. The lowest BCUT2D eigenvalue weighted by atomic mass is 10.0. The Bertz CT molecular complexity index is 1070. The van der Waals surface area contributed by atoms with Crippen LogP contribution in [-0.4, -0.2) is 23.0 Å². The average Bonchev–Trinajstić information content (AvgIpc) is 3.15. The Morgan fingerprint density at radius 2 is 1.97 bits per heavy atom. The van der Waals surface area contributed by atoms with Gasteiger partial charge >= 0.3 is 5.97 Å². The van der Waals surface area contributed by atoms with Crippen LogP contribution in [0.4, 0.5) is 4.39 Å². The van der Waals surface area contributed by atoms with E-state index < -0.39 is 12.0 Å². The number of thiazole rings is 1. The number of nitrogens with one attached hydrogen (secondary N) is 1. The van der Waals surface area contributed by atoms with Gasteiger partial charge in [0, 0.05) is 16.0 Å². The fraction of sp³-hybridized carbons (Fsp3) is 0.261. The second-order valence-electron chi connectivity index (χ2n) is 7.22. The van der Waals surface area contributed by atoms with Crippen molar-refractivity contribution in [1.29, 1.82) is 0 Å². The minimum Gasteiger partial charge on any atom is -0.463 e. The van der Waals surface area contributed by atoms with Gasteiger partial charge in [-0.15, -0.1) is 11.3 Å². The molecule has 5 nitrogen and oxygen atoms in total. The second-order valence-corrected chi connectivity index (χ2v) is 8.48. The van der Waals surface area contributed by atoms with Crippen LogP contribution in [0.2, 0.25) is 5.02 Å². The van der Waals surface area contributed by atoms with Gasteiger partial charge < -0.3 is 10.1 Å². The lowest BCUT2D eigenvalue weighted by Gasteiger charge is -2.20. The number of aromatic nitrogens is 1. The van der Waals surface area contributed by atoms with Gasteiger partial charge in [0.25, 0.3) is 0 Å². The summed E-state index contributed by atoms with van der Waals surface area (Å²) in [6, 6.07) is 12.5. The van der Waals surface area contributed by atoms with Crippen LogP contribution in [0, 0.1) is 5.82 Å². The van der Waals surface area contributed by atoms with E-state index in [1.165, 1.54) is 23.5 Å². The van der Waals surface area contributed by atoms with E-state index in [2.05, 4.69) is 10.3 Å². The van der Waals surface area contributed by atoms with Crippen molar-refractivity contribution < 1.29 is 18.7 Å². The molecule has 0 aliphatic carbocycles. The first-order valence-electron chi connectivity index (χ1n) is 9.75. The molecule has 1 aromatic heterocycles. The number of halogens is 2. The van der Waals surface area contributed by atoms with Crippen LogP contribution < -0.4 is 5.32 Å².